The van der Waals surface area contributed by atoms with Crippen molar-refractivity contribution >= 4 is 21.4 Å². The van der Waals surface area contributed by atoms with Crippen LogP contribution in [0.15, 0.2) is 0 Å². The molecule has 0 atom stereocenters. The molecular weight excluding hydrogens is 309 g/mol. The Morgan fingerprint density at radius 2 is 1.18 bits per heavy atom. The molecule has 0 saturated carbocycles. The second-order valence-corrected chi connectivity index (χ2v) is 19.8. The van der Waals surface area contributed by atoms with Crippen LogP contribution >= 0.6 is 0 Å². The van der Waals surface area contributed by atoms with Gasteiger partial charge in [-0.25, -0.2) is 0 Å². The summed E-state index contributed by atoms with van der Waals surface area (Å²) >= 11 is -1.25. The molecule has 0 amide bonds. The molecular formula is C15H34InN. The summed E-state index contributed by atoms with van der Waals surface area (Å²) in [7, 11) is 0. The molecule has 0 rings (SSSR count). The summed E-state index contributed by atoms with van der Waals surface area (Å²) in [5.41, 5.74) is 0. The van der Waals surface area contributed by atoms with Gasteiger partial charge in [0, 0.05) is 0 Å². The Morgan fingerprint density at radius 1 is 0.765 bits per heavy atom. The van der Waals surface area contributed by atoms with Crippen LogP contribution in [0.3, 0.4) is 0 Å². The Morgan fingerprint density at radius 3 is 1.47 bits per heavy atom. The Balaban J connectivity index is 4.10. The van der Waals surface area contributed by atoms with E-state index in [0.29, 0.717) is 12.1 Å². The number of hydrogen-bond acceptors (Lipinski definition) is 1. The zero-order valence-corrected chi connectivity index (χ0v) is 16.8. The van der Waals surface area contributed by atoms with Gasteiger partial charge in [0.2, 0.25) is 0 Å². The molecule has 0 saturated heterocycles. The van der Waals surface area contributed by atoms with E-state index < -0.39 is 21.4 Å². The molecule has 0 aromatic heterocycles. The van der Waals surface area contributed by atoms with Crippen LogP contribution in [0.5, 0.6) is 0 Å². The summed E-state index contributed by atoms with van der Waals surface area (Å²) in [4.78, 5) is 2.64. The van der Waals surface area contributed by atoms with Crippen LogP contribution < -0.4 is 0 Å². The second kappa shape index (κ2) is 8.85. The molecule has 17 heavy (non-hydrogen) atoms. The molecule has 0 radical (unpaired) electrons. The maximum atomic E-state index is 2.64. The summed E-state index contributed by atoms with van der Waals surface area (Å²) in [5, 5.41) is 0. The predicted octanol–water partition coefficient (Wildman–Crippen LogP) is 4.81. The van der Waals surface area contributed by atoms with Crippen molar-refractivity contribution < 1.29 is 0 Å². The maximum absolute atomic E-state index is 2.64. The van der Waals surface area contributed by atoms with Gasteiger partial charge in [-0.2, -0.15) is 0 Å². The average molecular weight is 343 g/mol. The average Bonchev–Trinajstić information content (AvgIpc) is 2.14. The van der Waals surface area contributed by atoms with Gasteiger partial charge < -0.3 is 0 Å². The van der Waals surface area contributed by atoms with Crippen LogP contribution in [0, 0.1) is 0 Å². The molecule has 0 heterocycles. The van der Waals surface area contributed by atoms with Crippen molar-refractivity contribution in [3.63, 3.8) is 0 Å². The first-order chi connectivity index (χ1) is 7.77. The monoisotopic (exact) mass is 343 g/mol. The fourth-order valence-corrected chi connectivity index (χ4v) is 13.1. The van der Waals surface area contributed by atoms with Crippen LogP contribution in [0.1, 0.15) is 61.8 Å². The van der Waals surface area contributed by atoms with Crippen LogP contribution in [-0.4, -0.2) is 45.0 Å². The van der Waals surface area contributed by atoms with Gasteiger partial charge in [0.15, 0.2) is 0 Å². The quantitative estimate of drug-likeness (QED) is 0.611. The molecule has 1 nitrogen and oxygen atoms in total. The second-order valence-electron chi connectivity index (χ2n) is 6.72. The van der Waals surface area contributed by atoms with Gasteiger partial charge in [-0.15, -0.1) is 0 Å². The van der Waals surface area contributed by atoms with Gasteiger partial charge in [-0.1, -0.05) is 0 Å². The van der Waals surface area contributed by atoms with E-state index in [0.717, 1.165) is 7.35 Å². The van der Waals surface area contributed by atoms with Gasteiger partial charge in [-0.3, -0.25) is 0 Å². The SMILES string of the molecule is CC(C)N(CC[CH2][In]([CH](C)C)[CH](C)C)C(C)C. The zero-order valence-electron chi connectivity index (χ0n) is 13.5. The van der Waals surface area contributed by atoms with E-state index >= 15 is 0 Å². The van der Waals surface area contributed by atoms with E-state index in [2.05, 4.69) is 60.3 Å². The first-order valence-electron chi connectivity index (χ1n) is 7.53. The summed E-state index contributed by atoms with van der Waals surface area (Å²) in [6.07, 6.45) is 1.44. The van der Waals surface area contributed by atoms with Crippen molar-refractivity contribution in [3.8, 4) is 0 Å². The van der Waals surface area contributed by atoms with E-state index in [-0.39, 0.29) is 0 Å². The van der Waals surface area contributed by atoms with E-state index in [1.165, 1.54) is 13.0 Å². The Kier molecular flexibility index (Phi) is 9.28. The predicted molar refractivity (Wildman–Crippen MR) is 82.4 cm³/mol. The third-order valence-electron chi connectivity index (χ3n) is 3.99. The van der Waals surface area contributed by atoms with E-state index in [1.54, 1.807) is 4.18 Å². The van der Waals surface area contributed by atoms with Crippen molar-refractivity contribution in [3.05, 3.63) is 0 Å². The van der Waals surface area contributed by atoms with E-state index in [9.17, 15) is 0 Å². The van der Waals surface area contributed by atoms with E-state index in [1.807, 2.05) is 0 Å². The van der Waals surface area contributed by atoms with Gasteiger partial charge in [0.25, 0.3) is 0 Å². The first kappa shape index (κ1) is 17.8. The molecule has 0 N–H and O–H groups in total. The fraction of sp³-hybridized carbons (Fsp3) is 1.00. The minimum absolute atomic E-state index is 0.696. The van der Waals surface area contributed by atoms with Crippen LogP contribution in [0.2, 0.25) is 11.5 Å². The Labute approximate surface area is 118 Å². The zero-order chi connectivity index (χ0) is 13.6. The number of nitrogens with zero attached hydrogens (tertiary/aromatic N) is 1. The molecule has 0 unspecified atom stereocenters. The van der Waals surface area contributed by atoms with Crippen molar-refractivity contribution in [2.45, 2.75) is 85.4 Å². The molecule has 0 aliphatic heterocycles. The molecule has 0 aromatic rings. The standard InChI is InChI=1S/C9H20N.2C3H7.In/c1-6-7-10(8(2)3)9(4)5;2*1-3-2;/h8-9H,1,6-7H2,2-5H3;2*3H,1-2H3;. The van der Waals surface area contributed by atoms with Crippen molar-refractivity contribution in [2.24, 2.45) is 0 Å². The number of rotatable bonds is 8. The van der Waals surface area contributed by atoms with Crippen molar-refractivity contribution in [1.82, 2.24) is 4.90 Å². The summed E-state index contributed by atoms with van der Waals surface area (Å²) in [6.45, 7) is 20.5. The van der Waals surface area contributed by atoms with Crippen LogP contribution in [0.4, 0.5) is 0 Å². The summed E-state index contributed by atoms with van der Waals surface area (Å²) < 4.78 is 3.65. The molecule has 102 valence electrons. The normalized spacial score (nSPS) is 12.5. The van der Waals surface area contributed by atoms with Crippen molar-refractivity contribution in [1.29, 1.82) is 0 Å². The van der Waals surface area contributed by atoms with Crippen molar-refractivity contribution in [2.75, 3.05) is 6.54 Å². The van der Waals surface area contributed by atoms with Gasteiger partial charge in [-0.05, 0) is 0 Å². The molecule has 0 spiro atoms. The number of hydrogen-bond donors (Lipinski definition) is 0. The van der Waals surface area contributed by atoms with Crippen LogP contribution in [-0.2, 0) is 0 Å². The fourth-order valence-electron chi connectivity index (χ4n) is 3.06. The van der Waals surface area contributed by atoms with Gasteiger partial charge in [0.05, 0.1) is 0 Å². The third-order valence-corrected chi connectivity index (χ3v) is 16.8. The molecule has 0 aromatic carbocycles. The summed E-state index contributed by atoms with van der Waals surface area (Å²) in [6, 6.07) is 1.39. The molecule has 0 fully saturated rings. The van der Waals surface area contributed by atoms with Gasteiger partial charge in [0.1, 0.15) is 0 Å². The topological polar surface area (TPSA) is 3.24 Å². The molecule has 0 bridgehead atoms. The summed E-state index contributed by atoms with van der Waals surface area (Å²) in [5.74, 6) is 0. The molecule has 0 aliphatic rings. The third kappa shape index (κ3) is 7.10. The molecule has 2 heteroatoms. The molecule has 0 aliphatic carbocycles. The first-order valence-corrected chi connectivity index (χ1v) is 13.7. The minimum atomic E-state index is -1.25. The van der Waals surface area contributed by atoms with E-state index in [4.69, 9.17) is 0 Å². The Hall–Kier alpha value is 0.830. The van der Waals surface area contributed by atoms with Crippen LogP contribution in [0.25, 0.3) is 0 Å². The Bertz CT molecular complexity index is 151. The van der Waals surface area contributed by atoms with Gasteiger partial charge >= 0.3 is 118 Å².